The van der Waals surface area contributed by atoms with Crippen LogP contribution in [0, 0.1) is 11.7 Å². The molecular formula is C14H17N3OS. The quantitative estimate of drug-likeness (QED) is 0.875. The number of H-pyrrole nitrogens is 1. The van der Waals surface area contributed by atoms with Crippen LogP contribution in [0.15, 0.2) is 24.3 Å². The van der Waals surface area contributed by atoms with Gasteiger partial charge in [0.1, 0.15) is 0 Å². The van der Waals surface area contributed by atoms with Gasteiger partial charge < -0.3 is 4.74 Å². The van der Waals surface area contributed by atoms with E-state index in [9.17, 15) is 0 Å². The highest BCUT2D eigenvalue weighted by Gasteiger charge is 2.19. The van der Waals surface area contributed by atoms with Crippen LogP contribution in [0.3, 0.4) is 0 Å². The molecule has 2 aromatic rings. The number of nitrogens with zero attached hydrogens (tertiary/aromatic N) is 2. The molecule has 1 N–H and O–H groups in total. The number of aromatic nitrogens is 3. The van der Waals surface area contributed by atoms with Crippen molar-refractivity contribution in [3.05, 3.63) is 34.6 Å². The van der Waals surface area contributed by atoms with Crippen LogP contribution >= 0.6 is 12.2 Å². The summed E-state index contributed by atoms with van der Waals surface area (Å²) in [5, 5.41) is 7.23. The fraction of sp³-hybridized carbons (Fsp3) is 0.429. The minimum absolute atomic E-state index is 0.258. The Balaban J connectivity index is 1.93. The van der Waals surface area contributed by atoms with Crippen LogP contribution in [0.1, 0.15) is 18.4 Å². The van der Waals surface area contributed by atoms with E-state index < -0.39 is 0 Å². The highest BCUT2D eigenvalue weighted by Crippen LogP contribution is 2.21. The highest BCUT2D eigenvalue weighted by molar-refractivity contribution is 7.71. The molecule has 2 heterocycles. The van der Waals surface area contributed by atoms with Gasteiger partial charge in [0.2, 0.25) is 0 Å². The molecular weight excluding hydrogens is 258 g/mol. The molecule has 0 saturated carbocycles. The standard InChI is InChI=1S/C14H17N3OS/c1-10-4-6-11(7-5-10)13-15-16-14(19)17(13)9-12-3-2-8-18-12/h4-7,12H,2-3,8-9H2,1H3,(H,16,19)/t12-/m0/s1. The van der Waals surface area contributed by atoms with Gasteiger partial charge in [-0.15, -0.1) is 0 Å². The van der Waals surface area contributed by atoms with Crippen molar-refractivity contribution in [2.24, 2.45) is 0 Å². The number of aryl methyl sites for hydroxylation is 1. The SMILES string of the molecule is Cc1ccc(-c2n[nH]c(=S)n2C[C@@H]2CCCO2)cc1. The predicted molar refractivity (Wildman–Crippen MR) is 76.6 cm³/mol. The number of hydrogen-bond donors (Lipinski definition) is 1. The third-order valence-corrected chi connectivity index (χ3v) is 3.79. The van der Waals surface area contributed by atoms with Crippen molar-refractivity contribution in [2.45, 2.75) is 32.4 Å². The van der Waals surface area contributed by atoms with Crippen LogP contribution in [-0.4, -0.2) is 27.5 Å². The number of benzene rings is 1. The molecule has 0 amide bonds. The summed E-state index contributed by atoms with van der Waals surface area (Å²) in [6.07, 6.45) is 2.49. The first-order chi connectivity index (χ1) is 9.24. The van der Waals surface area contributed by atoms with Gasteiger partial charge in [0.05, 0.1) is 12.6 Å². The Morgan fingerprint density at radius 2 is 2.21 bits per heavy atom. The average molecular weight is 275 g/mol. The zero-order valence-electron chi connectivity index (χ0n) is 10.9. The molecule has 100 valence electrons. The molecule has 1 aliphatic heterocycles. The van der Waals surface area contributed by atoms with Gasteiger partial charge in [-0.3, -0.25) is 9.67 Å². The maximum Gasteiger partial charge on any atom is 0.195 e. The summed E-state index contributed by atoms with van der Waals surface area (Å²) >= 11 is 5.32. The molecule has 0 spiro atoms. The Hall–Kier alpha value is -1.46. The van der Waals surface area contributed by atoms with E-state index in [-0.39, 0.29) is 6.10 Å². The summed E-state index contributed by atoms with van der Waals surface area (Å²) in [7, 11) is 0. The van der Waals surface area contributed by atoms with Crippen LogP contribution in [0.2, 0.25) is 0 Å². The van der Waals surface area contributed by atoms with E-state index in [0.29, 0.717) is 4.77 Å². The van der Waals surface area contributed by atoms with E-state index in [1.165, 1.54) is 5.56 Å². The first kappa shape index (κ1) is 12.6. The average Bonchev–Trinajstić information content (AvgIpc) is 3.03. The van der Waals surface area contributed by atoms with Gasteiger partial charge in [-0.05, 0) is 32.0 Å². The Morgan fingerprint density at radius 1 is 1.42 bits per heavy atom. The van der Waals surface area contributed by atoms with Gasteiger partial charge >= 0.3 is 0 Å². The zero-order chi connectivity index (χ0) is 13.2. The molecule has 1 saturated heterocycles. The van der Waals surface area contributed by atoms with Crippen molar-refractivity contribution in [3.63, 3.8) is 0 Å². The molecule has 1 aromatic carbocycles. The molecule has 1 aliphatic rings. The minimum atomic E-state index is 0.258. The largest absolute Gasteiger partial charge is 0.376 e. The van der Waals surface area contributed by atoms with Crippen LogP contribution in [0.4, 0.5) is 0 Å². The van der Waals surface area contributed by atoms with Gasteiger partial charge in [0.25, 0.3) is 0 Å². The normalized spacial score (nSPS) is 18.9. The van der Waals surface area contributed by atoms with E-state index in [2.05, 4.69) is 41.4 Å². The number of rotatable bonds is 3. The smallest absolute Gasteiger partial charge is 0.195 e. The molecule has 1 fully saturated rings. The molecule has 0 bridgehead atoms. The lowest BCUT2D eigenvalue weighted by Crippen LogP contribution is -2.16. The van der Waals surface area contributed by atoms with Crippen molar-refractivity contribution in [1.82, 2.24) is 14.8 Å². The molecule has 0 unspecified atom stereocenters. The molecule has 0 aliphatic carbocycles. The molecule has 3 rings (SSSR count). The molecule has 5 heteroatoms. The second kappa shape index (κ2) is 5.27. The van der Waals surface area contributed by atoms with Crippen LogP contribution < -0.4 is 0 Å². The lowest BCUT2D eigenvalue weighted by molar-refractivity contribution is 0.0970. The first-order valence-corrected chi connectivity index (χ1v) is 6.99. The topological polar surface area (TPSA) is 42.8 Å². The molecule has 0 radical (unpaired) electrons. The van der Waals surface area contributed by atoms with Crippen molar-refractivity contribution >= 4 is 12.2 Å². The van der Waals surface area contributed by atoms with Crippen LogP contribution in [0.25, 0.3) is 11.4 Å². The second-order valence-electron chi connectivity index (χ2n) is 4.96. The van der Waals surface area contributed by atoms with Gasteiger partial charge in [-0.2, -0.15) is 5.10 Å². The van der Waals surface area contributed by atoms with Crippen molar-refractivity contribution in [3.8, 4) is 11.4 Å². The summed E-state index contributed by atoms with van der Waals surface area (Å²) in [5.41, 5.74) is 2.32. The highest BCUT2D eigenvalue weighted by atomic mass is 32.1. The van der Waals surface area contributed by atoms with Crippen LogP contribution in [-0.2, 0) is 11.3 Å². The van der Waals surface area contributed by atoms with E-state index in [4.69, 9.17) is 17.0 Å². The van der Waals surface area contributed by atoms with Crippen molar-refractivity contribution in [2.75, 3.05) is 6.61 Å². The molecule has 1 atom stereocenters. The predicted octanol–water partition coefficient (Wildman–Crippen LogP) is 3.10. The maximum atomic E-state index is 5.68. The number of aromatic amines is 1. The van der Waals surface area contributed by atoms with Crippen molar-refractivity contribution in [1.29, 1.82) is 0 Å². The fourth-order valence-electron chi connectivity index (χ4n) is 2.40. The number of hydrogen-bond acceptors (Lipinski definition) is 3. The Kier molecular flexibility index (Phi) is 3.48. The van der Waals surface area contributed by atoms with E-state index in [1.807, 2.05) is 4.57 Å². The summed E-state index contributed by atoms with van der Waals surface area (Å²) in [4.78, 5) is 0. The van der Waals surface area contributed by atoms with Crippen molar-refractivity contribution < 1.29 is 4.74 Å². The van der Waals surface area contributed by atoms with Crippen LogP contribution in [0.5, 0.6) is 0 Å². The Labute approximate surface area is 117 Å². The Morgan fingerprint density at radius 3 is 2.89 bits per heavy atom. The van der Waals surface area contributed by atoms with Gasteiger partial charge in [-0.25, -0.2) is 0 Å². The fourth-order valence-corrected chi connectivity index (χ4v) is 2.61. The monoisotopic (exact) mass is 275 g/mol. The van der Waals surface area contributed by atoms with Gasteiger partial charge in [0, 0.05) is 12.2 Å². The minimum Gasteiger partial charge on any atom is -0.376 e. The van der Waals surface area contributed by atoms with E-state index in [0.717, 1.165) is 37.4 Å². The van der Waals surface area contributed by atoms with Gasteiger partial charge in [-0.1, -0.05) is 29.8 Å². The second-order valence-corrected chi connectivity index (χ2v) is 5.35. The molecule has 1 aromatic heterocycles. The third kappa shape index (κ3) is 2.62. The molecule has 19 heavy (non-hydrogen) atoms. The lowest BCUT2D eigenvalue weighted by atomic mass is 10.1. The third-order valence-electron chi connectivity index (χ3n) is 3.48. The summed E-state index contributed by atoms with van der Waals surface area (Å²) < 4.78 is 8.38. The number of nitrogens with one attached hydrogen (secondary N) is 1. The summed E-state index contributed by atoms with van der Waals surface area (Å²) in [6.45, 7) is 3.71. The van der Waals surface area contributed by atoms with E-state index in [1.54, 1.807) is 0 Å². The zero-order valence-corrected chi connectivity index (χ0v) is 11.7. The van der Waals surface area contributed by atoms with Gasteiger partial charge in [0.15, 0.2) is 10.6 Å². The lowest BCUT2D eigenvalue weighted by Gasteiger charge is -2.12. The maximum absolute atomic E-state index is 5.68. The number of ether oxygens (including phenoxy) is 1. The van der Waals surface area contributed by atoms with E-state index >= 15 is 0 Å². The first-order valence-electron chi connectivity index (χ1n) is 6.58. The Bertz CT molecular complexity index is 608. The summed E-state index contributed by atoms with van der Waals surface area (Å²) in [6, 6.07) is 8.32. The summed E-state index contributed by atoms with van der Waals surface area (Å²) in [5.74, 6) is 0.889. The molecule has 4 nitrogen and oxygen atoms in total.